The summed E-state index contributed by atoms with van der Waals surface area (Å²) >= 11 is 6.12. The zero-order valence-corrected chi connectivity index (χ0v) is 11.2. The second-order valence-corrected chi connectivity index (χ2v) is 4.44. The molecule has 94 valence electrons. The van der Waals surface area contributed by atoms with Crippen molar-refractivity contribution in [3.8, 4) is 0 Å². The standard InChI is InChI=1S/C13H20ClN3/c1-3-8-17(9-4-2)11-7-5-6-10(14)12(11)13(15)16/h5-7H,3-4,8-9H2,1-2H3,(H3,15,16). The number of halogens is 1. The van der Waals surface area contributed by atoms with E-state index in [1.807, 2.05) is 12.1 Å². The Labute approximate surface area is 108 Å². The van der Waals surface area contributed by atoms with Crippen LogP contribution in [0, 0.1) is 5.41 Å². The highest BCUT2D eigenvalue weighted by atomic mass is 35.5. The third kappa shape index (κ3) is 3.37. The van der Waals surface area contributed by atoms with Crippen molar-refractivity contribution >= 4 is 23.1 Å². The van der Waals surface area contributed by atoms with E-state index in [-0.39, 0.29) is 5.84 Å². The van der Waals surface area contributed by atoms with Gasteiger partial charge in [0.05, 0.1) is 10.6 Å². The first-order valence-electron chi connectivity index (χ1n) is 5.99. The van der Waals surface area contributed by atoms with E-state index in [0.29, 0.717) is 10.6 Å². The summed E-state index contributed by atoms with van der Waals surface area (Å²) in [5.41, 5.74) is 7.23. The molecule has 0 bridgehead atoms. The van der Waals surface area contributed by atoms with E-state index in [0.717, 1.165) is 31.6 Å². The minimum atomic E-state index is 0.0304. The van der Waals surface area contributed by atoms with Gasteiger partial charge in [-0.1, -0.05) is 31.5 Å². The van der Waals surface area contributed by atoms with E-state index in [4.69, 9.17) is 22.7 Å². The van der Waals surface area contributed by atoms with Gasteiger partial charge in [-0.2, -0.15) is 0 Å². The molecule has 1 aromatic rings. The van der Waals surface area contributed by atoms with E-state index in [9.17, 15) is 0 Å². The number of nitrogens with one attached hydrogen (secondary N) is 1. The lowest BCUT2D eigenvalue weighted by Crippen LogP contribution is -2.28. The Bertz CT molecular complexity index is 384. The molecule has 0 amide bonds. The Morgan fingerprint density at radius 1 is 1.29 bits per heavy atom. The fourth-order valence-corrected chi connectivity index (χ4v) is 2.21. The van der Waals surface area contributed by atoms with Crippen molar-refractivity contribution in [2.24, 2.45) is 5.73 Å². The van der Waals surface area contributed by atoms with Gasteiger partial charge in [0.2, 0.25) is 0 Å². The number of anilines is 1. The molecule has 0 aliphatic rings. The Morgan fingerprint density at radius 3 is 2.35 bits per heavy atom. The van der Waals surface area contributed by atoms with Crippen molar-refractivity contribution in [1.82, 2.24) is 0 Å². The van der Waals surface area contributed by atoms with Crippen LogP contribution in [0.15, 0.2) is 18.2 Å². The van der Waals surface area contributed by atoms with Crippen LogP contribution < -0.4 is 10.6 Å². The second-order valence-electron chi connectivity index (χ2n) is 4.03. The van der Waals surface area contributed by atoms with Crippen LogP contribution in [-0.4, -0.2) is 18.9 Å². The number of benzene rings is 1. The Balaban J connectivity index is 3.17. The van der Waals surface area contributed by atoms with Crippen LogP contribution in [0.2, 0.25) is 5.02 Å². The van der Waals surface area contributed by atoms with Crippen LogP contribution >= 0.6 is 11.6 Å². The van der Waals surface area contributed by atoms with E-state index in [2.05, 4.69) is 18.7 Å². The molecule has 17 heavy (non-hydrogen) atoms. The highest BCUT2D eigenvalue weighted by molar-refractivity contribution is 6.34. The SMILES string of the molecule is CCCN(CCC)c1cccc(Cl)c1C(=N)N. The number of nitrogens with zero attached hydrogens (tertiary/aromatic N) is 1. The van der Waals surface area contributed by atoms with E-state index >= 15 is 0 Å². The Kier molecular flexibility index (Phi) is 5.29. The average Bonchev–Trinajstić information content (AvgIpc) is 2.28. The Morgan fingerprint density at radius 2 is 1.88 bits per heavy atom. The first kappa shape index (κ1) is 13.8. The summed E-state index contributed by atoms with van der Waals surface area (Å²) in [6.07, 6.45) is 2.12. The fraction of sp³-hybridized carbons (Fsp3) is 0.462. The molecule has 0 aliphatic carbocycles. The molecule has 0 heterocycles. The number of nitrogen functional groups attached to an aromatic ring is 1. The molecule has 0 spiro atoms. The third-order valence-corrected chi connectivity index (χ3v) is 2.90. The molecule has 0 atom stereocenters. The van der Waals surface area contributed by atoms with Gasteiger partial charge in [-0.25, -0.2) is 0 Å². The van der Waals surface area contributed by atoms with Crippen molar-refractivity contribution < 1.29 is 0 Å². The predicted octanol–water partition coefficient (Wildman–Crippen LogP) is 3.25. The minimum absolute atomic E-state index is 0.0304. The van der Waals surface area contributed by atoms with Gasteiger partial charge in [-0.3, -0.25) is 5.41 Å². The highest BCUT2D eigenvalue weighted by Gasteiger charge is 2.14. The number of rotatable bonds is 6. The van der Waals surface area contributed by atoms with Crippen molar-refractivity contribution in [2.45, 2.75) is 26.7 Å². The van der Waals surface area contributed by atoms with Gasteiger partial charge in [0.15, 0.2) is 0 Å². The maximum Gasteiger partial charge on any atom is 0.126 e. The maximum atomic E-state index is 7.64. The largest absolute Gasteiger partial charge is 0.384 e. The molecule has 0 fully saturated rings. The topological polar surface area (TPSA) is 53.1 Å². The lowest BCUT2D eigenvalue weighted by atomic mass is 10.1. The molecule has 4 heteroatoms. The van der Waals surface area contributed by atoms with Crippen LogP contribution in [0.5, 0.6) is 0 Å². The lowest BCUT2D eigenvalue weighted by Gasteiger charge is -2.26. The van der Waals surface area contributed by atoms with Gasteiger partial charge in [0.1, 0.15) is 5.84 Å². The van der Waals surface area contributed by atoms with Crippen molar-refractivity contribution in [1.29, 1.82) is 5.41 Å². The fourth-order valence-electron chi connectivity index (χ4n) is 1.94. The van der Waals surface area contributed by atoms with Crippen molar-refractivity contribution in [2.75, 3.05) is 18.0 Å². The van der Waals surface area contributed by atoms with Gasteiger partial charge in [0, 0.05) is 18.8 Å². The maximum absolute atomic E-state index is 7.64. The predicted molar refractivity (Wildman–Crippen MR) is 75.3 cm³/mol. The minimum Gasteiger partial charge on any atom is -0.384 e. The number of hydrogen-bond acceptors (Lipinski definition) is 2. The average molecular weight is 254 g/mol. The molecular weight excluding hydrogens is 234 g/mol. The summed E-state index contributed by atoms with van der Waals surface area (Å²) in [6.45, 7) is 6.18. The molecule has 3 nitrogen and oxygen atoms in total. The molecule has 0 saturated heterocycles. The summed E-state index contributed by atoms with van der Waals surface area (Å²) in [4.78, 5) is 2.24. The summed E-state index contributed by atoms with van der Waals surface area (Å²) in [6, 6.07) is 5.66. The first-order valence-corrected chi connectivity index (χ1v) is 6.37. The van der Waals surface area contributed by atoms with Gasteiger partial charge in [0.25, 0.3) is 0 Å². The van der Waals surface area contributed by atoms with Crippen molar-refractivity contribution in [3.63, 3.8) is 0 Å². The van der Waals surface area contributed by atoms with Gasteiger partial charge in [-0.15, -0.1) is 0 Å². The molecule has 0 aromatic heterocycles. The van der Waals surface area contributed by atoms with Gasteiger partial charge in [-0.05, 0) is 25.0 Å². The van der Waals surface area contributed by atoms with Gasteiger partial charge < -0.3 is 10.6 Å². The van der Waals surface area contributed by atoms with E-state index in [1.54, 1.807) is 6.07 Å². The highest BCUT2D eigenvalue weighted by Crippen LogP contribution is 2.27. The van der Waals surface area contributed by atoms with Crippen LogP contribution in [-0.2, 0) is 0 Å². The third-order valence-electron chi connectivity index (χ3n) is 2.59. The monoisotopic (exact) mass is 253 g/mol. The normalized spacial score (nSPS) is 10.3. The summed E-state index contributed by atoms with van der Waals surface area (Å²) in [5, 5.41) is 8.19. The summed E-state index contributed by atoms with van der Waals surface area (Å²) < 4.78 is 0. The number of nitrogens with two attached hydrogens (primary N) is 1. The molecule has 0 unspecified atom stereocenters. The van der Waals surface area contributed by atoms with Crippen LogP contribution in [0.1, 0.15) is 32.3 Å². The summed E-state index contributed by atoms with van der Waals surface area (Å²) in [7, 11) is 0. The second kappa shape index (κ2) is 6.50. The quantitative estimate of drug-likeness (QED) is 0.604. The molecule has 3 N–H and O–H groups in total. The smallest absolute Gasteiger partial charge is 0.126 e. The molecular formula is C13H20ClN3. The molecule has 1 rings (SSSR count). The van der Waals surface area contributed by atoms with E-state index in [1.165, 1.54) is 0 Å². The molecule has 1 aromatic carbocycles. The van der Waals surface area contributed by atoms with Crippen LogP contribution in [0.4, 0.5) is 5.69 Å². The van der Waals surface area contributed by atoms with E-state index < -0.39 is 0 Å². The molecule has 0 radical (unpaired) electrons. The molecule has 0 aliphatic heterocycles. The van der Waals surface area contributed by atoms with Crippen LogP contribution in [0.25, 0.3) is 0 Å². The molecule has 0 saturated carbocycles. The zero-order chi connectivity index (χ0) is 12.8. The first-order chi connectivity index (χ1) is 8.11. The van der Waals surface area contributed by atoms with Gasteiger partial charge >= 0.3 is 0 Å². The zero-order valence-electron chi connectivity index (χ0n) is 10.5. The Hall–Kier alpha value is -1.22. The number of amidine groups is 1. The van der Waals surface area contributed by atoms with Crippen molar-refractivity contribution in [3.05, 3.63) is 28.8 Å². The number of hydrogen-bond donors (Lipinski definition) is 2. The van der Waals surface area contributed by atoms with Crippen LogP contribution in [0.3, 0.4) is 0 Å². The summed E-state index contributed by atoms with van der Waals surface area (Å²) in [5.74, 6) is 0.0304. The lowest BCUT2D eigenvalue weighted by molar-refractivity contribution is 0.744.